The van der Waals surface area contributed by atoms with E-state index in [0.29, 0.717) is 55.8 Å². The highest BCUT2D eigenvalue weighted by molar-refractivity contribution is 6.33. The number of carbonyl (C=O) groups is 1. The molecule has 1 aliphatic heterocycles. The lowest BCUT2D eigenvalue weighted by Gasteiger charge is -2.35. The molecule has 6 rings (SSSR count). The van der Waals surface area contributed by atoms with E-state index < -0.39 is 23.3 Å². The molecule has 12 heteroatoms. The van der Waals surface area contributed by atoms with Crippen molar-refractivity contribution in [2.45, 2.75) is 40.7 Å². The van der Waals surface area contributed by atoms with Crippen LogP contribution in [0.15, 0.2) is 83.7 Å². The lowest BCUT2D eigenvalue weighted by atomic mass is 9.86. The summed E-state index contributed by atoms with van der Waals surface area (Å²) in [6.45, 7) is 7.52. The van der Waals surface area contributed by atoms with Crippen LogP contribution in [0, 0.1) is 36.1 Å². The molecule has 0 saturated carbocycles. The summed E-state index contributed by atoms with van der Waals surface area (Å²) in [4.78, 5) is 26.8. The highest BCUT2D eigenvalue weighted by Gasteiger charge is 2.35. The number of hydrogen-bond acceptors (Lipinski definition) is 4. The number of hydrogen-bond donors (Lipinski definition) is 0. The van der Waals surface area contributed by atoms with Crippen molar-refractivity contribution in [1.82, 2.24) is 9.47 Å². The molecule has 54 heavy (non-hydrogen) atoms. The molecular formula is C42H38Cl2F4N2O4. The van der Waals surface area contributed by atoms with Gasteiger partial charge in [0.05, 0.1) is 36.7 Å². The zero-order valence-corrected chi connectivity index (χ0v) is 32.0. The molecule has 0 spiro atoms. The third-order valence-corrected chi connectivity index (χ3v) is 9.88. The van der Waals surface area contributed by atoms with Gasteiger partial charge in [0.2, 0.25) is 5.91 Å². The number of methoxy groups -OCH3 is 2. The van der Waals surface area contributed by atoms with Gasteiger partial charge in [-0.05, 0) is 99.5 Å². The fourth-order valence-corrected chi connectivity index (χ4v) is 7.05. The third kappa shape index (κ3) is 7.77. The van der Waals surface area contributed by atoms with Crippen molar-refractivity contribution >= 4 is 40.4 Å². The van der Waals surface area contributed by atoms with Crippen LogP contribution in [0.3, 0.4) is 0 Å². The summed E-state index contributed by atoms with van der Waals surface area (Å²) in [5.74, 6) is -2.33. The molecule has 0 N–H and O–H groups in total. The van der Waals surface area contributed by atoms with Gasteiger partial charge in [-0.1, -0.05) is 42.3 Å². The Bertz CT molecular complexity index is 2280. The number of halogens is 6. The normalized spacial score (nSPS) is 14.2. The number of allylic oxidation sites excluding steroid dienone is 1. The maximum absolute atomic E-state index is 14.6. The highest BCUT2D eigenvalue weighted by atomic mass is 35.5. The minimum atomic E-state index is -0.749. The third-order valence-electron chi connectivity index (χ3n) is 9.22. The van der Waals surface area contributed by atoms with Crippen molar-refractivity contribution in [3.05, 3.63) is 139 Å². The molecule has 1 aromatic heterocycles. The van der Waals surface area contributed by atoms with Gasteiger partial charge in [0.25, 0.3) is 5.56 Å². The van der Waals surface area contributed by atoms with Crippen molar-refractivity contribution in [2.75, 3.05) is 20.8 Å². The average Bonchev–Trinajstić information content (AvgIpc) is 3.15. The second kappa shape index (κ2) is 17.0. The molecule has 0 aliphatic carbocycles. The number of nitrogens with zero attached hydrogens (tertiary/aromatic N) is 2. The van der Waals surface area contributed by atoms with Gasteiger partial charge in [0, 0.05) is 51.3 Å². The minimum absolute atomic E-state index is 0.152. The maximum Gasteiger partial charge on any atom is 0.253 e. The van der Waals surface area contributed by atoms with E-state index in [1.54, 1.807) is 70.2 Å². The minimum Gasteiger partial charge on any atom is -0.497 e. The molecule has 1 aliphatic rings. The molecule has 282 valence electrons. The Kier molecular flexibility index (Phi) is 12.6. The molecule has 0 saturated heterocycles. The van der Waals surface area contributed by atoms with Crippen LogP contribution < -0.4 is 15.0 Å². The molecule has 0 radical (unpaired) electrons. The average molecular weight is 782 g/mol. The van der Waals surface area contributed by atoms with Crippen molar-refractivity contribution in [3.63, 3.8) is 0 Å². The largest absolute Gasteiger partial charge is 0.497 e. The Balaban J connectivity index is 0.000000208. The van der Waals surface area contributed by atoms with Crippen LogP contribution in [0.5, 0.6) is 11.5 Å². The summed E-state index contributed by atoms with van der Waals surface area (Å²) in [6, 6.07) is 19.0. The predicted molar refractivity (Wildman–Crippen MR) is 206 cm³/mol. The first kappa shape index (κ1) is 40.1. The van der Waals surface area contributed by atoms with E-state index >= 15 is 0 Å². The molecule has 0 bridgehead atoms. The number of benzene rings is 4. The van der Waals surface area contributed by atoms with Gasteiger partial charge >= 0.3 is 0 Å². The standard InChI is InChI=1S/C21H20ClF2NO2.C21H18ClF2NO2/c2*1-4-25-20(19-17(23)6-5-7-18(19)24)15(10-12(2)21(25)26)14-11-13(27-3)8-9-16(14)22/h5-9,11-12H,4,10H2,1-3H3;5-11H,4H2,1-3H3. The van der Waals surface area contributed by atoms with Crippen LogP contribution in [0.25, 0.3) is 33.7 Å². The summed E-state index contributed by atoms with van der Waals surface area (Å²) < 4.78 is 70.4. The number of amides is 1. The fraction of sp³-hybridized carbons (Fsp3) is 0.238. The smallest absolute Gasteiger partial charge is 0.253 e. The predicted octanol–water partition coefficient (Wildman–Crippen LogP) is 10.8. The highest BCUT2D eigenvalue weighted by Crippen LogP contribution is 2.44. The summed E-state index contributed by atoms with van der Waals surface area (Å²) in [7, 11) is 3.05. The number of ether oxygens (including phenoxy) is 2. The van der Waals surface area contributed by atoms with Crippen LogP contribution in [0.4, 0.5) is 17.6 Å². The first-order valence-corrected chi connectivity index (χ1v) is 17.9. The van der Waals surface area contributed by atoms with Gasteiger partial charge in [-0.2, -0.15) is 0 Å². The summed E-state index contributed by atoms with van der Waals surface area (Å²) in [5, 5.41) is 0.812. The zero-order chi connectivity index (χ0) is 39.4. The van der Waals surface area contributed by atoms with E-state index in [0.717, 1.165) is 0 Å². The van der Waals surface area contributed by atoms with E-state index in [1.807, 2.05) is 0 Å². The molecule has 1 atom stereocenters. The van der Waals surface area contributed by atoms with E-state index in [1.165, 1.54) is 60.1 Å². The molecule has 0 fully saturated rings. The SMILES string of the molecule is CCN1C(=O)C(C)CC(c2cc(OC)ccc2Cl)=C1c1c(F)cccc1F.CCn1c(-c2c(F)cccc2F)c(-c2cc(OC)ccc2Cl)cc(C)c1=O. The lowest BCUT2D eigenvalue weighted by molar-refractivity contribution is -0.131. The summed E-state index contributed by atoms with van der Waals surface area (Å²) in [5.41, 5.74) is 2.26. The number of rotatable bonds is 8. The maximum atomic E-state index is 14.6. The Hall–Kier alpha value is -5.06. The zero-order valence-electron chi connectivity index (χ0n) is 30.5. The van der Waals surface area contributed by atoms with Gasteiger partial charge < -0.3 is 18.9 Å². The number of aryl methyl sites for hydroxylation is 1. The van der Waals surface area contributed by atoms with Crippen molar-refractivity contribution < 1.29 is 31.8 Å². The molecule has 5 aromatic rings. The Morgan fingerprint density at radius 2 is 1.20 bits per heavy atom. The van der Waals surface area contributed by atoms with Gasteiger partial charge in [-0.3, -0.25) is 9.59 Å². The van der Waals surface area contributed by atoms with Crippen LogP contribution in [-0.2, 0) is 11.3 Å². The summed E-state index contributed by atoms with van der Waals surface area (Å²) >= 11 is 12.8. The van der Waals surface area contributed by atoms with Gasteiger partial charge in [0.15, 0.2) is 0 Å². The lowest BCUT2D eigenvalue weighted by Crippen LogP contribution is -2.38. The second-order valence-electron chi connectivity index (χ2n) is 12.5. The van der Waals surface area contributed by atoms with Crippen molar-refractivity contribution in [1.29, 1.82) is 0 Å². The van der Waals surface area contributed by atoms with E-state index in [2.05, 4.69) is 0 Å². The molecule has 2 heterocycles. The molecule has 4 aromatic carbocycles. The number of carbonyl (C=O) groups excluding carboxylic acids is 1. The van der Waals surface area contributed by atoms with E-state index in [9.17, 15) is 27.2 Å². The molecular weight excluding hydrogens is 743 g/mol. The van der Waals surface area contributed by atoms with Gasteiger partial charge in [0.1, 0.15) is 34.8 Å². The van der Waals surface area contributed by atoms with E-state index in [4.69, 9.17) is 32.7 Å². The second-order valence-corrected chi connectivity index (χ2v) is 13.4. The van der Waals surface area contributed by atoms with E-state index in [-0.39, 0.29) is 53.0 Å². The van der Waals surface area contributed by atoms with Crippen molar-refractivity contribution in [3.8, 4) is 33.9 Å². The molecule has 1 unspecified atom stereocenters. The Morgan fingerprint density at radius 1 is 0.704 bits per heavy atom. The van der Waals surface area contributed by atoms with Gasteiger partial charge in [-0.15, -0.1) is 0 Å². The van der Waals surface area contributed by atoms with Crippen LogP contribution in [-0.4, -0.2) is 36.1 Å². The van der Waals surface area contributed by atoms with Crippen LogP contribution in [0.1, 0.15) is 43.9 Å². The molecule has 6 nitrogen and oxygen atoms in total. The van der Waals surface area contributed by atoms with Crippen LogP contribution in [0.2, 0.25) is 10.0 Å². The van der Waals surface area contributed by atoms with Gasteiger partial charge in [-0.25, -0.2) is 17.6 Å². The first-order valence-electron chi connectivity index (χ1n) is 17.1. The fourth-order valence-electron chi connectivity index (χ4n) is 6.60. The number of aromatic nitrogens is 1. The molecule has 1 amide bonds. The van der Waals surface area contributed by atoms with Crippen molar-refractivity contribution in [2.24, 2.45) is 5.92 Å². The Morgan fingerprint density at radius 3 is 1.70 bits per heavy atom. The quantitative estimate of drug-likeness (QED) is 0.147. The Labute approximate surface area is 321 Å². The topological polar surface area (TPSA) is 60.8 Å². The summed E-state index contributed by atoms with van der Waals surface area (Å²) in [6.07, 6.45) is 0.325. The number of pyridine rings is 1. The van der Waals surface area contributed by atoms with Crippen LogP contribution >= 0.6 is 23.2 Å². The first-order chi connectivity index (χ1) is 25.8. The monoisotopic (exact) mass is 780 g/mol.